The van der Waals surface area contributed by atoms with Crippen molar-refractivity contribution in [3.05, 3.63) is 39.8 Å². The third-order valence-electron chi connectivity index (χ3n) is 4.70. The average molecular weight is 417 g/mol. The summed E-state index contributed by atoms with van der Waals surface area (Å²) in [6, 6.07) is 4.76. The van der Waals surface area contributed by atoms with Gasteiger partial charge in [0.25, 0.3) is 0 Å². The van der Waals surface area contributed by atoms with Crippen LogP contribution in [-0.4, -0.2) is 38.5 Å². The maximum absolute atomic E-state index is 12.8. The summed E-state index contributed by atoms with van der Waals surface area (Å²) in [5.41, 5.74) is 1.65. The molecular formula is C21H23NO6S. The number of aryl methyl sites for hydroxylation is 1. The highest BCUT2D eigenvalue weighted by atomic mass is 32.1. The van der Waals surface area contributed by atoms with Crippen molar-refractivity contribution in [3.63, 3.8) is 0 Å². The topological polar surface area (TPSA) is 90.9 Å². The number of benzene rings is 1. The Bertz CT molecular complexity index is 949. The zero-order valence-corrected chi connectivity index (χ0v) is 17.4. The number of carbonyl (C=O) groups is 3. The van der Waals surface area contributed by atoms with Crippen LogP contribution in [0.4, 0.5) is 5.00 Å². The van der Waals surface area contributed by atoms with Crippen LogP contribution < -0.4 is 14.8 Å². The third-order valence-corrected chi connectivity index (χ3v) is 5.91. The Kier molecular flexibility index (Phi) is 6.53. The van der Waals surface area contributed by atoms with Crippen LogP contribution in [0, 0.1) is 0 Å². The fourth-order valence-corrected chi connectivity index (χ4v) is 4.65. The van der Waals surface area contributed by atoms with Crippen LogP contribution in [0.5, 0.6) is 11.5 Å². The second-order valence-electron chi connectivity index (χ2n) is 6.67. The molecule has 8 heteroatoms. The Morgan fingerprint density at radius 3 is 2.48 bits per heavy atom. The standard InChI is InChI=1S/C21H23NO6S/c1-12(23)22-20-19(14-6-4-5-7-18(14)29-20)21(25)28-11-15(24)13-8-9-16(26-2)17(10-13)27-3/h8-10H,4-7,11H2,1-3H3,(H,22,23). The van der Waals surface area contributed by atoms with Crippen LogP contribution in [0.15, 0.2) is 18.2 Å². The molecule has 0 fully saturated rings. The number of methoxy groups -OCH3 is 2. The molecule has 1 N–H and O–H groups in total. The Morgan fingerprint density at radius 1 is 1.07 bits per heavy atom. The number of Topliss-reactive ketones (excluding diaryl/α,β-unsaturated/α-hetero) is 1. The zero-order valence-electron chi connectivity index (χ0n) is 16.6. The highest BCUT2D eigenvalue weighted by Crippen LogP contribution is 2.38. The largest absolute Gasteiger partial charge is 0.493 e. The molecule has 1 amide bonds. The van der Waals surface area contributed by atoms with Crippen LogP contribution in [0.1, 0.15) is 50.9 Å². The summed E-state index contributed by atoms with van der Waals surface area (Å²) in [5.74, 6) is -0.277. The number of nitrogens with one attached hydrogen (secondary N) is 1. The van der Waals surface area contributed by atoms with Crippen molar-refractivity contribution in [2.24, 2.45) is 0 Å². The van der Waals surface area contributed by atoms with Crippen molar-refractivity contribution in [2.75, 3.05) is 26.1 Å². The van der Waals surface area contributed by atoms with E-state index in [-0.39, 0.29) is 11.7 Å². The zero-order chi connectivity index (χ0) is 21.0. The van der Waals surface area contributed by atoms with E-state index in [9.17, 15) is 14.4 Å². The van der Waals surface area contributed by atoms with Gasteiger partial charge in [0.2, 0.25) is 5.91 Å². The summed E-state index contributed by atoms with van der Waals surface area (Å²) >= 11 is 1.41. The number of anilines is 1. The lowest BCUT2D eigenvalue weighted by Crippen LogP contribution is -2.17. The molecule has 0 spiro atoms. The number of carbonyl (C=O) groups excluding carboxylic acids is 3. The van der Waals surface area contributed by atoms with Crippen LogP contribution in [-0.2, 0) is 22.4 Å². The van der Waals surface area contributed by atoms with Gasteiger partial charge >= 0.3 is 5.97 Å². The van der Waals surface area contributed by atoms with Gasteiger partial charge in [0, 0.05) is 17.4 Å². The molecular weight excluding hydrogens is 394 g/mol. The monoisotopic (exact) mass is 417 g/mol. The van der Waals surface area contributed by atoms with Crippen molar-refractivity contribution >= 4 is 34.0 Å². The van der Waals surface area contributed by atoms with Gasteiger partial charge in [-0.05, 0) is 49.4 Å². The van der Waals surface area contributed by atoms with E-state index in [1.807, 2.05) is 0 Å². The van der Waals surface area contributed by atoms with E-state index in [1.54, 1.807) is 18.2 Å². The Morgan fingerprint density at radius 2 is 1.79 bits per heavy atom. The predicted molar refractivity (Wildman–Crippen MR) is 109 cm³/mol. The quantitative estimate of drug-likeness (QED) is 0.546. The van der Waals surface area contributed by atoms with Crippen molar-refractivity contribution in [1.29, 1.82) is 0 Å². The van der Waals surface area contributed by atoms with Crippen molar-refractivity contribution < 1.29 is 28.6 Å². The first-order chi connectivity index (χ1) is 13.9. The summed E-state index contributed by atoms with van der Waals surface area (Å²) in [4.78, 5) is 37.9. The molecule has 1 aliphatic carbocycles. The summed E-state index contributed by atoms with van der Waals surface area (Å²) in [7, 11) is 2.99. The molecule has 29 heavy (non-hydrogen) atoms. The van der Waals surface area contributed by atoms with Crippen molar-refractivity contribution in [1.82, 2.24) is 0 Å². The highest BCUT2D eigenvalue weighted by Gasteiger charge is 2.27. The maximum atomic E-state index is 12.8. The molecule has 154 valence electrons. The molecule has 1 aromatic carbocycles. The van der Waals surface area contributed by atoms with Gasteiger partial charge in [-0.3, -0.25) is 9.59 Å². The number of fused-ring (bicyclic) bond motifs is 1. The van der Waals surface area contributed by atoms with E-state index in [4.69, 9.17) is 14.2 Å². The summed E-state index contributed by atoms with van der Waals surface area (Å²) in [6.07, 6.45) is 3.68. The first-order valence-corrected chi connectivity index (χ1v) is 10.1. The van der Waals surface area contributed by atoms with Crippen LogP contribution >= 0.6 is 11.3 Å². The fraction of sp³-hybridized carbons (Fsp3) is 0.381. The average Bonchev–Trinajstić information content (AvgIpc) is 3.08. The molecule has 1 aromatic heterocycles. The predicted octanol–water partition coefficient (Wildman–Crippen LogP) is 3.64. The Balaban J connectivity index is 1.76. The summed E-state index contributed by atoms with van der Waals surface area (Å²) in [5, 5.41) is 3.22. The highest BCUT2D eigenvalue weighted by molar-refractivity contribution is 7.17. The molecule has 3 rings (SSSR count). The molecule has 1 heterocycles. The minimum absolute atomic E-state index is 0.251. The van der Waals surface area contributed by atoms with Gasteiger partial charge < -0.3 is 19.5 Å². The first kappa shape index (κ1) is 20.9. The molecule has 0 aliphatic heterocycles. The fourth-order valence-electron chi connectivity index (χ4n) is 3.33. The normalized spacial score (nSPS) is 12.7. The van der Waals surface area contributed by atoms with Gasteiger partial charge in [-0.25, -0.2) is 4.79 Å². The van der Waals surface area contributed by atoms with Gasteiger partial charge in [0.15, 0.2) is 23.9 Å². The molecule has 1 aliphatic rings. The van der Waals surface area contributed by atoms with E-state index in [2.05, 4.69) is 5.32 Å². The van der Waals surface area contributed by atoms with Gasteiger partial charge in [0.05, 0.1) is 19.8 Å². The van der Waals surface area contributed by atoms with Crippen LogP contribution in [0.25, 0.3) is 0 Å². The molecule has 0 radical (unpaired) electrons. The van der Waals surface area contributed by atoms with E-state index >= 15 is 0 Å². The van der Waals surface area contributed by atoms with Gasteiger partial charge in [-0.2, -0.15) is 0 Å². The van der Waals surface area contributed by atoms with Gasteiger partial charge in [-0.1, -0.05) is 0 Å². The summed E-state index contributed by atoms with van der Waals surface area (Å²) in [6.45, 7) is 0.993. The van der Waals surface area contributed by atoms with Gasteiger partial charge in [-0.15, -0.1) is 11.3 Å². The molecule has 7 nitrogen and oxygen atoms in total. The van der Waals surface area contributed by atoms with E-state index in [0.717, 1.165) is 36.1 Å². The summed E-state index contributed by atoms with van der Waals surface area (Å²) < 4.78 is 15.7. The number of ether oxygens (including phenoxy) is 3. The molecule has 0 bridgehead atoms. The van der Waals surface area contributed by atoms with Crippen molar-refractivity contribution in [3.8, 4) is 11.5 Å². The van der Waals surface area contributed by atoms with Crippen LogP contribution in [0.3, 0.4) is 0 Å². The third kappa shape index (κ3) is 4.59. The SMILES string of the molecule is COc1ccc(C(=O)COC(=O)c2c(NC(C)=O)sc3c2CCCC3)cc1OC. The molecule has 0 unspecified atom stereocenters. The molecule has 2 aromatic rings. The number of hydrogen-bond acceptors (Lipinski definition) is 7. The number of rotatable bonds is 7. The Labute approximate surface area is 173 Å². The number of hydrogen-bond donors (Lipinski definition) is 1. The Hall–Kier alpha value is -2.87. The van der Waals surface area contributed by atoms with E-state index in [0.29, 0.717) is 27.6 Å². The molecule has 0 saturated carbocycles. The lowest BCUT2D eigenvalue weighted by atomic mass is 9.95. The van der Waals surface area contributed by atoms with Crippen LogP contribution in [0.2, 0.25) is 0 Å². The lowest BCUT2D eigenvalue weighted by molar-refractivity contribution is -0.114. The number of ketones is 1. The smallest absolute Gasteiger partial charge is 0.341 e. The van der Waals surface area contributed by atoms with Crippen molar-refractivity contribution in [2.45, 2.75) is 32.6 Å². The second-order valence-corrected chi connectivity index (χ2v) is 7.77. The lowest BCUT2D eigenvalue weighted by Gasteiger charge is -2.13. The minimum Gasteiger partial charge on any atom is -0.493 e. The second kappa shape index (κ2) is 9.09. The number of thiophene rings is 1. The molecule has 0 saturated heterocycles. The maximum Gasteiger partial charge on any atom is 0.341 e. The van der Waals surface area contributed by atoms with Gasteiger partial charge in [0.1, 0.15) is 5.00 Å². The minimum atomic E-state index is -0.595. The van der Waals surface area contributed by atoms with E-state index < -0.39 is 12.6 Å². The molecule has 0 atom stereocenters. The number of esters is 1. The van der Waals surface area contributed by atoms with E-state index in [1.165, 1.54) is 32.5 Å². The number of amides is 1. The first-order valence-electron chi connectivity index (χ1n) is 9.29.